The molecule has 1 aromatic heterocycles. The fraction of sp³-hybridized carbons (Fsp3) is 0.190. The molecule has 2 heterocycles. The standard InChI is InChI=1S/C21H16F3N3O3S/c1-30-15-4-7-18-17(10-15)13(8-9-25-18)11-26-12-19(28)27(20(26)29)14-2-5-16(6-3-14)31-21(22,23)24/h2-10H,11-12H2,1H3. The number of ether oxygens (including phenoxy) is 1. The number of carbonyl (C=O) groups is 2. The molecule has 0 atom stereocenters. The van der Waals surface area contributed by atoms with Gasteiger partial charge in [0.25, 0.3) is 5.91 Å². The molecule has 1 aliphatic rings. The summed E-state index contributed by atoms with van der Waals surface area (Å²) in [6.45, 7) is 0.0426. The zero-order valence-electron chi connectivity index (χ0n) is 16.2. The monoisotopic (exact) mass is 447 g/mol. The second-order valence-electron chi connectivity index (χ2n) is 6.76. The van der Waals surface area contributed by atoms with Gasteiger partial charge in [0.05, 0.1) is 18.3 Å². The Labute approximate surface area is 179 Å². The van der Waals surface area contributed by atoms with Crippen LogP contribution in [0.5, 0.6) is 5.75 Å². The molecule has 1 fully saturated rings. The fourth-order valence-electron chi connectivity index (χ4n) is 3.38. The molecule has 0 spiro atoms. The van der Waals surface area contributed by atoms with Gasteiger partial charge in [-0.2, -0.15) is 13.2 Å². The van der Waals surface area contributed by atoms with E-state index in [9.17, 15) is 22.8 Å². The first-order valence-electron chi connectivity index (χ1n) is 9.14. The molecule has 0 radical (unpaired) electrons. The Kier molecular flexibility index (Phi) is 5.48. The molecule has 2 aromatic carbocycles. The Balaban J connectivity index is 1.56. The number of anilines is 1. The minimum atomic E-state index is -4.41. The van der Waals surface area contributed by atoms with Crippen molar-refractivity contribution in [1.82, 2.24) is 9.88 Å². The lowest BCUT2D eigenvalue weighted by molar-refractivity contribution is -0.116. The molecule has 0 aliphatic carbocycles. The Bertz CT molecular complexity index is 1150. The summed E-state index contributed by atoms with van der Waals surface area (Å²) >= 11 is -0.255. The van der Waals surface area contributed by atoms with Crippen molar-refractivity contribution in [2.24, 2.45) is 0 Å². The zero-order valence-corrected chi connectivity index (χ0v) is 17.0. The number of hydrogen-bond acceptors (Lipinski definition) is 5. The first kappa shape index (κ1) is 21.0. The minimum absolute atomic E-state index is 0.0237. The second-order valence-corrected chi connectivity index (χ2v) is 7.90. The average molecular weight is 447 g/mol. The molecule has 31 heavy (non-hydrogen) atoms. The molecule has 1 saturated heterocycles. The van der Waals surface area contributed by atoms with Crippen molar-refractivity contribution in [3.63, 3.8) is 0 Å². The molecule has 160 valence electrons. The zero-order chi connectivity index (χ0) is 22.2. The van der Waals surface area contributed by atoms with Crippen molar-refractivity contribution in [3.8, 4) is 5.75 Å². The molecule has 4 rings (SSSR count). The van der Waals surface area contributed by atoms with Crippen molar-refractivity contribution < 1.29 is 27.5 Å². The van der Waals surface area contributed by atoms with E-state index in [0.717, 1.165) is 21.4 Å². The molecule has 0 unspecified atom stereocenters. The number of alkyl halides is 3. The van der Waals surface area contributed by atoms with Crippen LogP contribution in [0.2, 0.25) is 0 Å². The molecule has 0 bridgehead atoms. The quantitative estimate of drug-likeness (QED) is 0.414. The fourth-order valence-corrected chi connectivity index (χ4v) is 3.92. The number of benzene rings is 2. The lowest BCUT2D eigenvalue weighted by Gasteiger charge is -2.18. The minimum Gasteiger partial charge on any atom is -0.497 e. The maximum Gasteiger partial charge on any atom is 0.446 e. The predicted octanol–water partition coefficient (Wildman–Crippen LogP) is 4.82. The van der Waals surface area contributed by atoms with E-state index in [1.54, 1.807) is 31.5 Å². The number of urea groups is 1. The van der Waals surface area contributed by atoms with Gasteiger partial charge in [-0.15, -0.1) is 0 Å². The van der Waals surface area contributed by atoms with E-state index >= 15 is 0 Å². The van der Waals surface area contributed by atoms with Gasteiger partial charge < -0.3 is 9.64 Å². The van der Waals surface area contributed by atoms with Crippen LogP contribution >= 0.6 is 11.8 Å². The molecule has 3 amide bonds. The third-order valence-corrected chi connectivity index (χ3v) is 5.51. The number of pyridine rings is 1. The van der Waals surface area contributed by atoms with Crippen LogP contribution in [0, 0.1) is 0 Å². The number of hydrogen-bond donors (Lipinski definition) is 0. The second kappa shape index (κ2) is 8.10. The van der Waals surface area contributed by atoms with Crippen molar-refractivity contribution in [1.29, 1.82) is 0 Å². The third kappa shape index (κ3) is 4.43. The van der Waals surface area contributed by atoms with Gasteiger partial charge in [-0.3, -0.25) is 9.78 Å². The highest BCUT2D eigenvalue weighted by Crippen LogP contribution is 2.37. The van der Waals surface area contributed by atoms with E-state index in [1.807, 2.05) is 6.07 Å². The Morgan fingerprint density at radius 2 is 1.84 bits per heavy atom. The van der Waals surface area contributed by atoms with Crippen LogP contribution in [0.3, 0.4) is 0 Å². The van der Waals surface area contributed by atoms with Crippen molar-refractivity contribution in [2.45, 2.75) is 16.9 Å². The van der Waals surface area contributed by atoms with Gasteiger partial charge in [-0.25, -0.2) is 9.69 Å². The molecular formula is C21H16F3N3O3S. The van der Waals surface area contributed by atoms with E-state index in [2.05, 4.69) is 4.98 Å². The highest BCUT2D eigenvalue weighted by Gasteiger charge is 2.37. The number of nitrogens with zero attached hydrogens (tertiary/aromatic N) is 3. The van der Waals surface area contributed by atoms with Crippen molar-refractivity contribution >= 4 is 40.3 Å². The third-order valence-electron chi connectivity index (χ3n) is 4.77. The smallest absolute Gasteiger partial charge is 0.446 e. The van der Waals surface area contributed by atoms with Crippen LogP contribution in [0.1, 0.15) is 5.56 Å². The normalized spacial score (nSPS) is 14.6. The maximum absolute atomic E-state index is 12.9. The van der Waals surface area contributed by atoms with Crippen LogP contribution in [0.4, 0.5) is 23.7 Å². The van der Waals surface area contributed by atoms with Crippen LogP contribution in [-0.4, -0.2) is 41.0 Å². The predicted molar refractivity (Wildman–Crippen MR) is 110 cm³/mol. The number of methoxy groups -OCH3 is 1. The number of amides is 3. The molecule has 6 nitrogen and oxygen atoms in total. The number of imide groups is 1. The highest BCUT2D eigenvalue weighted by atomic mass is 32.2. The molecule has 10 heteroatoms. The lowest BCUT2D eigenvalue weighted by Crippen LogP contribution is -2.32. The summed E-state index contributed by atoms with van der Waals surface area (Å²) < 4.78 is 42.8. The van der Waals surface area contributed by atoms with E-state index in [-0.39, 0.29) is 35.4 Å². The number of rotatable bonds is 5. The maximum atomic E-state index is 12.9. The van der Waals surface area contributed by atoms with Gasteiger partial charge >= 0.3 is 11.5 Å². The van der Waals surface area contributed by atoms with Crippen LogP contribution in [-0.2, 0) is 11.3 Å². The van der Waals surface area contributed by atoms with Crippen molar-refractivity contribution in [3.05, 3.63) is 60.3 Å². The molecule has 0 N–H and O–H groups in total. The van der Waals surface area contributed by atoms with Gasteiger partial charge in [0.15, 0.2) is 0 Å². The van der Waals surface area contributed by atoms with E-state index < -0.39 is 17.4 Å². The van der Waals surface area contributed by atoms with Crippen molar-refractivity contribution in [2.75, 3.05) is 18.6 Å². The van der Waals surface area contributed by atoms with Crippen LogP contribution in [0.25, 0.3) is 10.9 Å². The number of halogens is 3. The first-order chi connectivity index (χ1) is 14.7. The van der Waals surface area contributed by atoms with Gasteiger partial charge in [0, 0.05) is 23.0 Å². The summed E-state index contributed by atoms with van der Waals surface area (Å²) in [7, 11) is 1.55. The summed E-state index contributed by atoms with van der Waals surface area (Å²) in [5.74, 6) is 0.196. The Morgan fingerprint density at radius 1 is 1.10 bits per heavy atom. The van der Waals surface area contributed by atoms with Gasteiger partial charge in [0.2, 0.25) is 0 Å². The number of aromatic nitrogens is 1. The van der Waals surface area contributed by atoms with Gasteiger partial charge in [0.1, 0.15) is 12.3 Å². The van der Waals surface area contributed by atoms with E-state index in [4.69, 9.17) is 4.74 Å². The summed E-state index contributed by atoms with van der Waals surface area (Å²) in [6.07, 6.45) is 1.63. The molecule has 0 saturated carbocycles. The number of thioether (sulfide) groups is 1. The van der Waals surface area contributed by atoms with Gasteiger partial charge in [-0.05, 0) is 65.9 Å². The topological polar surface area (TPSA) is 62.7 Å². The molecule has 3 aromatic rings. The Hall–Kier alpha value is -3.27. The first-order valence-corrected chi connectivity index (χ1v) is 9.96. The molecule has 1 aliphatic heterocycles. The Morgan fingerprint density at radius 3 is 2.52 bits per heavy atom. The lowest BCUT2D eigenvalue weighted by atomic mass is 10.1. The number of fused-ring (bicyclic) bond motifs is 1. The summed E-state index contributed by atoms with van der Waals surface area (Å²) in [5, 5.41) is 0.800. The van der Waals surface area contributed by atoms with E-state index in [1.165, 1.54) is 29.2 Å². The summed E-state index contributed by atoms with van der Waals surface area (Å²) in [4.78, 5) is 32.1. The average Bonchev–Trinajstić information content (AvgIpc) is 3.00. The largest absolute Gasteiger partial charge is 0.497 e. The van der Waals surface area contributed by atoms with Crippen LogP contribution in [0.15, 0.2) is 59.6 Å². The van der Waals surface area contributed by atoms with Crippen LogP contribution < -0.4 is 9.64 Å². The summed E-state index contributed by atoms with van der Waals surface area (Å²) in [5.41, 5.74) is -2.66. The number of carbonyl (C=O) groups excluding carboxylic acids is 2. The SMILES string of the molecule is COc1ccc2nccc(CN3CC(=O)N(c4ccc(SC(F)(F)F)cc4)C3=O)c2c1. The highest BCUT2D eigenvalue weighted by molar-refractivity contribution is 8.00. The molecular weight excluding hydrogens is 431 g/mol. The summed E-state index contributed by atoms with van der Waals surface area (Å²) in [6, 6.07) is 11.8. The van der Waals surface area contributed by atoms with E-state index in [0.29, 0.717) is 5.75 Å². The van der Waals surface area contributed by atoms with Gasteiger partial charge in [-0.1, -0.05) is 0 Å².